The Balaban J connectivity index is 1.70. The molecule has 3 heterocycles. The van der Waals surface area contributed by atoms with Crippen LogP contribution in [0.3, 0.4) is 0 Å². The van der Waals surface area contributed by atoms with Gasteiger partial charge in [-0.05, 0) is 38.3 Å². The fourth-order valence-electron chi connectivity index (χ4n) is 2.49. The second-order valence-corrected chi connectivity index (χ2v) is 6.83. The van der Waals surface area contributed by atoms with E-state index in [1.54, 1.807) is 11.3 Å². The van der Waals surface area contributed by atoms with E-state index in [0.717, 1.165) is 24.4 Å². The lowest BCUT2D eigenvalue weighted by Gasteiger charge is -2.21. The second kappa shape index (κ2) is 5.61. The van der Waals surface area contributed by atoms with Crippen molar-refractivity contribution in [3.05, 3.63) is 34.7 Å². The Hall–Kier alpha value is -1.66. The smallest absolute Gasteiger partial charge is 0.236 e. The molecule has 21 heavy (non-hydrogen) atoms. The Bertz CT molecular complexity index is 611. The van der Waals surface area contributed by atoms with E-state index in [4.69, 9.17) is 0 Å². The van der Waals surface area contributed by atoms with Crippen LogP contribution in [-0.4, -0.2) is 28.8 Å². The van der Waals surface area contributed by atoms with E-state index in [1.165, 1.54) is 0 Å². The molecule has 1 aliphatic rings. The average Bonchev–Trinajstić information content (AvgIpc) is 3.20. The van der Waals surface area contributed by atoms with Gasteiger partial charge in [0.15, 0.2) is 5.82 Å². The van der Waals surface area contributed by atoms with Gasteiger partial charge in [-0.2, -0.15) is 5.10 Å². The predicted molar refractivity (Wildman–Crippen MR) is 84.7 cm³/mol. The van der Waals surface area contributed by atoms with Crippen molar-refractivity contribution in [1.82, 2.24) is 15.1 Å². The molecule has 0 aliphatic carbocycles. The van der Waals surface area contributed by atoms with E-state index >= 15 is 0 Å². The maximum Gasteiger partial charge on any atom is 0.236 e. The predicted octanol–water partition coefficient (Wildman–Crippen LogP) is 2.40. The van der Waals surface area contributed by atoms with Gasteiger partial charge in [-0.15, -0.1) is 11.3 Å². The van der Waals surface area contributed by atoms with E-state index < -0.39 is 5.41 Å². The van der Waals surface area contributed by atoms with Gasteiger partial charge in [-0.1, -0.05) is 6.07 Å². The topological polar surface area (TPSA) is 59.0 Å². The maximum absolute atomic E-state index is 12.5. The molecular weight excluding hydrogens is 284 g/mol. The van der Waals surface area contributed by atoms with Crippen LogP contribution in [0.5, 0.6) is 0 Å². The maximum atomic E-state index is 12.5. The minimum absolute atomic E-state index is 0.0280. The lowest BCUT2D eigenvalue weighted by molar-refractivity contribution is -0.120. The third-order valence-electron chi connectivity index (χ3n) is 3.96. The van der Waals surface area contributed by atoms with Crippen molar-refractivity contribution in [1.29, 1.82) is 0 Å². The van der Waals surface area contributed by atoms with Crippen molar-refractivity contribution in [2.45, 2.75) is 31.7 Å². The van der Waals surface area contributed by atoms with Gasteiger partial charge in [0.05, 0.1) is 11.5 Å². The molecule has 1 fully saturated rings. The standard InChI is InChI=1S/C15H20N4OS/c1-15(2,12-4-3-9-21-12)14(20)17-13-6-8-19(18-13)11-5-7-16-10-11/h3-4,6,8-9,11,16H,5,7,10H2,1-2H3,(H,17,18,20). The highest BCUT2D eigenvalue weighted by Crippen LogP contribution is 2.28. The summed E-state index contributed by atoms with van der Waals surface area (Å²) in [6.07, 6.45) is 3.02. The molecule has 2 N–H and O–H groups in total. The molecule has 2 aromatic rings. The molecule has 1 atom stereocenters. The Labute approximate surface area is 128 Å². The largest absolute Gasteiger partial charge is 0.315 e. The summed E-state index contributed by atoms with van der Waals surface area (Å²) < 4.78 is 1.94. The molecule has 2 aromatic heterocycles. The highest BCUT2D eigenvalue weighted by atomic mass is 32.1. The van der Waals surface area contributed by atoms with Crippen molar-refractivity contribution < 1.29 is 4.79 Å². The van der Waals surface area contributed by atoms with Crippen LogP contribution < -0.4 is 10.6 Å². The summed E-state index contributed by atoms with van der Waals surface area (Å²) in [5, 5.41) is 12.7. The highest BCUT2D eigenvalue weighted by molar-refractivity contribution is 7.10. The zero-order chi connectivity index (χ0) is 14.9. The minimum Gasteiger partial charge on any atom is -0.315 e. The molecule has 1 unspecified atom stereocenters. The van der Waals surface area contributed by atoms with Crippen molar-refractivity contribution in [2.24, 2.45) is 0 Å². The van der Waals surface area contributed by atoms with Crippen LogP contribution in [-0.2, 0) is 10.2 Å². The highest BCUT2D eigenvalue weighted by Gasteiger charge is 2.31. The summed E-state index contributed by atoms with van der Waals surface area (Å²) in [5.41, 5.74) is -0.549. The first-order valence-electron chi connectivity index (χ1n) is 7.18. The number of hydrogen-bond donors (Lipinski definition) is 2. The van der Waals surface area contributed by atoms with Crippen LogP contribution in [0.25, 0.3) is 0 Å². The van der Waals surface area contributed by atoms with E-state index in [-0.39, 0.29) is 5.91 Å². The van der Waals surface area contributed by atoms with Gasteiger partial charge < -0.3 is 10.6 Å². The van der Waals surface area contributed by atoms with Gasteiger partial charge in [-0.3, -0.25) is 9.48 Å². The molecule has 3 rings (SSSR count). The Kier molecular flexibility index (Phi) is 3.82. The first-order valence-corrected chi connectivity index (χ1v) is 8.06. The number of aromatic nitrogens is 2. The second-order valence-electron chi connectivity index (χ2n) is 5.88. The fraction of sp³-hybridized carbons (Fsp3) is 0.467. The number of thiophene rings is 1. The molecule has 6 heteroatoms. The molecule has 0 saturated carbocycles. The van der Waals surface area contributed by atoms with Crippen molar-refractivity contribution in [2.75, 3.05) is 18.4 Å². The van der Waals surface area contributed by atoms with Crippen molar-refractivity contribution in [3.63, 3.8) is 0 Å². The summed E-state index contributed by atoms with van der Waals surface area (Å²) in [6.45, 7) is 5.84. The summed E-state index contributed by atoms with van der Waals surface area (Å²) in [4.78, 5) is 13.6. The zero-order valence-electron chi connectivity index (χ0n) is 12.3. The number of rotatable bonds is 4. The van der Waals surface area contributed by atoms with Gasteiger partial charge in [-0.25, -0.2) is 0 Å². The molecule has 0 spiro atoms. The van der Waals surface area contributed by atoms with Crippen LogP contribution in [0.4, 0.5) is 5.82 Å². The first-order chi connectivity index (χ1) is 10.1. The van der Waals surface area contributed by atoms with Gasteiger partial charge in [0, 0.05) is 23.7 Å². The molecule has 1 saturated heterocycles. The van der Waals surface area contributed by atoms with Crippen LogP contribution in [0, 0.1) is 0 Å². The zero-order valence-corrected chi connectivity index (χ0v) is 13.1. The van der Waals surface area contributed by atoms with Crippen molar-refractivity contribution >= 4 is 23.1 Å². The first kappa shape index (κ1) is 14.3. The van der Waals surface area contributed by atoms with Gasteiger partial charge in [0.2, 0.25) is 5.91 Å². The molecule has 1 amide bonds. The quantitative estimate of drug-likeness (QED) is 0.912. The molecule has 112 valence electrons. The lowest BCUT2D eigenvalue weighted by atomic mass is 9.90. The summed E-state index contributed by atoms with van der Waals surface area (Å²) in [5.74, 6) is 0.594. The third kappa shape index (κ3) is 2.87. The number of nitrogens with one attached hydrogen (secondary N) is 2. The van der Waals surface area contributed by atoms with E-state index in [1.807, 2.05) is 48.3 Å². The number of amides is 1. The number of hydrogen-bond acceptors (Lipinski definition) is 4. The number of carbonyl (C=O) groups is 1. The SMILES string of the molecule is CC(C)(C(=O)Nc1ccn(C2CCNC2)n1)c1cccs1. The van der Waals surface area contributed by atoms with E-state index in [0.29, 0.717) is 11.9 Å². The molecule has 0 radical (unpaired) electrons. The normalized spacial score (nSPS) is 18.9. The monoisotopic (exact) mass is 304 g/mol. The van der Waals surface area contributed by atoms with Crippen LogP contribution >= 0.6 is 11.3 Å². The van der Waals surface area contributed by atoms with Gasteiger partial charge in [0.1, 0.15) is 0 Å². The van der Waals surface area contributed by atoms with Crippen molar-refractivity contribution in [3.8, 4) is 0 Å². The van der Waals surface area contributed by atoms with Crippen LogP contribution in [0.2, 0.25) is 0 Å². The van der Waals surface area contributed by atoms with Gasteiger partial charge >= 0.3 is 0 Å². The molecule has 0 aromatic carbocycles. The van der Waals surface area contributed by atoms with Crippen LogP contribution in [0.1, 0.15) is 31.2 Å². The average molecular weight is 304 g/mol. The van der Waals surface area contributed by atoms with Gasteiger partial charge in [0.25, 0.3) is 0 Å². The number of anilines is 1. The lowest BCUT2D eigenvalue weighted by Crippen LogP contribution is -2.34. The fourth-order valence-corrected chi connectivity index (χ4v) is 3.34. The Morgan fingerprint density at radius 1 is 1.52 bits per heavy atom. The molecular formula is C15H20N4OS. The summed E-state index contributed by atoms with van der Waals surface area (Å²) in [7, 11) is 0. The van der Waals surface area contributed by atoms with Crippen LogP contribution in [0.15, 0.2) is 29.8 Å². The molecule has 0 bridgehead atoms. The molecule has 5 nitrogen and oxygen atoms in total. The molecule has 1 aliphatic heterocycles. The number of nitrogens with zero attached hydrogens (tertiary/aromatic N) is 2. The third-order valence-corrected chi connectivity index (χ3v) is 5.16. The summed E-state index contributed by atoms with van der Waals surface area (Å²) >= 11 is 1.60. The summed E-state index contributed by atoms with van der Waals surface area (Å²) in [6, 6.07) is 6.21. The number of carbonyl (C=O) groups excluding carboxylic acids is 1. The Morgan fingerprint density at radius 3 is 3.05 bits per heavy atom. The van der Waals surface area contributed by atoms with E-state index in [2.05, 4.69) is 15.7 Å². The van der Waals surface area contributed by atoms with E-state index in [9.17, 15) is 4.79 Å². The Morgan fingerprint density at radius 2 is 2.38 bits per heavy atom. The minimum atomic E-state index is -0.549.